The summed E-state index contributed by atoms with van der Waals surface area (Å²) in [5.74, 6) is 0.836. The smallest absolute Gasteiger partial charge is 0.317 e. The van der Waals surface area contributed by atoms with E-state index in [1.807, 2.05) is 35.6 Å². The molecule has 114 valence electrons. The van der Waals surface area contributed by atoms with E-state index in [1.54, 1.807) is 18.2 Å². The van der Waals surface area contributed by atoms with Gasteiger partial charge in [-0.05, 0) is 29.6 Å². The number of pyridine rings is 1. The average molecular weight is 346 g/mol. The summed E-state index contributed by atoms with van der Waals surface area (Å²) in [6.45, 7) is 0. The molecule has 0 aliphatic carbocycles. The van der Waals surface area contributed by atoms with Gasteiger partial charge in [-0.1, -0.05) is 0 Å². The van der Waals surface area contributed by atoms with Gasteiger partial charge in [0.1, 0.15) is 12.4 Å². The zero-order chi connectivity index (χ0) is 14.5. The van der Waals surface area contributed by atoms with Crippen molar-refractivity contribution in [1.29, 1.82) is 0 Å². The number of hydrogen-bond donors (Lipinski definition) is 0. The van der Waals surface area contributed by atoms with Crippen molar-refractivity contribution < 1.29 is 26.5 Å². The number of halogens is 1. The molecular formula is C13H16ClN3O2S2. The molecule has 0 amide bonds. The fourth-order valence-corrected chi connectivity index (χ4v) is 3.47. The number of carbonyl (C=O) groups excluding carboxylic acids is 1. The number of imidazole rings is 1. The predicted octanol–water partition coefficient (Wildman–Crippen LogP) is -2.06. The number of hydrogen-bond acceptors (Lipinski definition) is 4. The van der Waals surface area contributed by atoms with Gasteiger partial charge < -0.3 is 17.6 Å². The standard InChI is InChI=1S/C13H16N3O2S2.ClH/c1-14-7-8-15(2)13(14)20-10-11(17)9-19-12-5-3-4-6-16(12)18;/h3-8H,9-10H2,1-2H3;1H/q+1;/p-1. The minimum Gasteiger partial charge on any atom is -1.00 e. The Morgan fingerprint density at radius 1 is 1.29 bits per heavy atom. The van der Waals surface area contributed by atoms with E-state index in [-0.39, 0.29) is 18.2 Å². The largest absolute Gasteiger partial charge is 1.00 e. The molecule has 2 heterocycles. The number of thioether (sulfide) groups is 2. The summed E-state index contributed by atoms with van der Waals surface area (Å²) in [7, 11) is 3.90. The maximum Gasteiger partial charge on any atom is 0.317 e. The van der Waals surface area contributed by atoms with Crippen LogP contribution in [0.3, 0.4) is 0 Å². The van der Waals surface area contributed by atoms with E-state index in [9.17, 15) is 10.0 Å². The van der Waals surface area contributed by atoms with Crippen molar-refractivity contribution >= 4 is 29.3 Å². The van der Waals surface area contributed by atoms with Crippen LogP contribution in [0.5, 0.6) is 0 Å². The first kappa shape index (κ1) is 17.9. The molecule has 0 aliphatic heterocycles. The number of aryl methyl sites for hydroxylation is 2. The number of aromatic nitrogens is 3. The van der Waals surface area contributed by atoms with Crippen LogP contribution in [0.15, 0.2) is 47.0 Å². The molecule has 0 aliphatic rings. The minimum absolute atomic E-state index is 0. The van der Waals surface area contributed by atoms with E-state index in [0.717, 1.165) is 9.89 Å². The fraction of sp³-hybridized carbons (Fsp3) is 0.308. The molecule has 0 unspecified atom stereocenters. The highest BCUT2D eigenvalue weighted by atomic mass is 35.5. The van der Waals surface area contributed by atoms with Gasteiger partial charge in [0, 0.05) is 12.1 Å². The van der Waals surface area contributed by atoms with Crippen LogP contribution in [0.25, 0.3) is 0 Å². The summed E-state index contributed by atoms with van der Waals surface area (Å²) in [4.78, 5) is 11.9. The van der Waals surface area contributed by atoms with Gasteiger partial charge in [-0.3, -0.25) is 4.79 Å². The van der Waals surface area contributed by atoms with Crippen LogP contribution < -0.4 is 21.7 Å². The molecular weight excluding hydrogens is 330 g/mol. The molecule has 21 heavy (non-hydrogen) atoms. The maximum atomic E-state index is 11.9. The van der Waals surface area contributed by atoms with Gasteiger partial charge in [0.25, 0.3) is 5.03 Å². The van der Waals surface area contributed by atoms with Gasteiger partial charge in [-0.15, -0.1) is 0 Å². The molecule has 0 radical (unpaired) electrons. The highest BCUT2D eigenvalue weighted by Gasteiger charge is 2.15. The van der Waals surface area contributed by atoms with Gasteiger partial charge in [0.05, 0.1) is 25.6 Å². The molecule has 0 bridgehead atoms. The van der Waals surface area contributed by atoms with Crippen LogP contribution in [0.4, 0.5) is 0 Å². The molecule has 2 aromatic rings. The minimum atomic E-state index is 0. The molecule has 0 saturated carbocycles. The van der Waals surface area contributed by atoms with Gasteiger partial charge in [0.15, 0.2) is 12.0 Å². The zero-order valence-electron chi connectivity index (χ0n) is 11.7. The molecule has 0 saturated heterocycles. The van der Waals surface area contributed by atoms with Crippen molar-refractivity contribution in [3.8, 4) is 0 Å². The van der Waals surface area contributed by atoms with Crippen LogP contribution in [0.1, 0.15) is 0 Å². The van der Waals surface area contributed by atoms with E-state index < -0.39 is 0 Å². The van der Waals surface area contributed by atoms with E-state index in [1.165, 1.54) is 29.7 Å². The second kappa shape index (κ2) is 8.31. The van der Waals surface area contributed by atoms with Gasteiger partial charge in [-0.25, -0.2) is 9.13 Å². The predicted molar refractivity (Wildman–Crippen MR) is 78.4 cm³/mol. The van der Waals surface area contributed by atoms with Crippen molar-refractivity contribution in [1.82, 2.24) is 4.57 Å². The molecule has 2 aromatic heterocycles. The summed E-state index contributed by atoms with van der Waals surface area (Å²) < 4.78 is 4.74. The normalized spacial score (nSPS) is 10.2. The fourth-order valence-electron chi connectivity index (χ4n) is 1.65. The summed E-state index contributed by atoms with van der Waals surface area (Å²) in [5, 5.41) is 13.0. The van der Waals surface area contributed by atoms with E-state index in [0.29, 0.717) is 16.5 Å². The van der Waals surface area contributed by atoms with E-state index in [4.69, 9.17) is 0 Å². The van der Waals surface area contributed by atoms with Crippen LogP contribution in [-0.2, 0) is 18.9 Å². The van der Waals surface area contributed by atoms with Crippen molar-refractivity contribution in [2.75, 3.05) is 11.5 Å². The Morgan fingerprint density at radius 2 is 2.00 bits per heavy atom. The van der Waals surface area contributed by atoms with Crippen LogP contribution in [-0.4, -0.2) is 21.9 Å². The van der Waals surface area contributed by atoms with Gasteiger partial charge >= 0.3 is 5.16 Å². The van der Waals surface area contributed by atoms with Crippen molar-refractivity contribution in [3.05, 3.63) is 42.0 Å². The maximum absolute atomic E-state index is 11.9. The SMILES string of the molecule is Cn1cc[n+](C)c1SCC(=O)CSc1cccc[n+]1[O-].[Cl-]. The summed E-state index contributed by atoms with van der Waals surface area (Å²) >= 11 is 2.78. The molecule has 0 aromatic carbocycles. The topological polar surface area (TPSA) is 52.8 Å². The number of Topliss-reactive ketones (excluding diaryl/α,β-unsaturated/α-hetero) is 1. The third kappa shape index (κ3) is 4.94. The number of carbonyl (C=O) groups is 1. The molecule has 2 rings (SSSR count). The van der Waals surface area contributed by atoms with Crippen molar-refractivity contribution in [2.24, 2.45) is 14.1 Å². The average Bonchev–Trinajstić information content (AvgIpc) is 2.75. The number of rotatable bonds is 6. The second-order valence-corrected chi connectivity index (χ2v) is 6.22. The lowest BCUT2D eigenvalue weighted by molar-refractivity contribution is -0.709. The third-order valence-corrected chi connectivity index (χ3v) is 5.03. The van der Waals surface area contributed by atoms with Gasteiger partial charge in [-0.2, -0.15) is 4.73 Å². The first-order valence-electron chi connectivity index (χ1n) is 6.04. The molecule has 0 spiro atoms. The van der Waals surface area contributed by atoms with E-state index >= 15 is 0 Å². The van der Waals surface area contributed by atoms with Crippen LogP contribution in [0.2, 0.25) is 0 Å². The molecule has 5 nitrogen and oxygen atoms in total. The lowest BCUT2D eigenvalue weighted by atomic mass is 10.5. The Labute approximate surface area is 138 Å². The van der Waals surface area contributed by atoms with E-state index in [2.05, 4.69) is 0 Å². The number of nitrogens with zero attached hydrogens (tertiary/aromatic N) is 3. The third-order valence-electron chi connectivity index (χ3n) is 2.65. The second-order valence-electron chi connectivity index (χ2n) is 4.28. The monoisotopic (exact) mass is 345 g/mol. The molecule has 8 heteroatoms. The Bertz CT molecular complexity index is 600. The first-order valence-corrected chi connectivity index (χ1v) is 8.01. The van der Waals surface area contributed by atoms with Gasteiger partial charge in [0.2, 0.25) is 0 Å². The lowest BCUT2D eigenvalue weighted by Crippen LogP contribution is -3.00. The Hall–Kier alpha value is -1.18. The lowest BCUT2D eigenvalue weighted by Gasteiger charge is -2.02. The van der Waals surface area contributed by atoms with Crippen molar-refractivity contribution in [3.63, 3.8) is 0 Å². The van der Waals surface area contributed by atoms with Crippen LogP contribution >= 0.6 is 23.5 Å². The highest BCUT2D eigenvalue weighted by molar-refractivity contribution is 8.01. The molecule has 0 atom stereocenters. The summed E-state index contributed by atoms with van der Waals surface area (Å²) in [6, 6.07) is 5.18. The summed E-state index contributed by atoms with van der Waals surface area (Å²) in [6.07, 6.45) is 5.34. The number of ketones is 1. The Morgan fingerprint density at radius 3 is 2.62 bits per heavy atom. The van der Waals surface area contributed by atoms with Crippen LogP contribution in [0, 0.1) is 5.21 Å². The first-order chi connectivity index (χ1) is 9.58. The zero-order valence-corrected chi connectivity index (χ0v) is 14.1. The Balaban J connectivity index is 0.00000220. The quantitative estimate of drug-likeness (QED) is 0.343. The Kier molecular flexibility index (Phi) is 7.07. The summed E-state index contributed by atoms with van der Waals surface area (Å²) in [5.41, 5.74) is 0. The molecule has 0 fully saturated rings. The highest BCUT2D eigenvalue weighted by Crippen LogP contribution is 2.16. The van der Waals surface area contributed by atoms with Crippen molar-refractivity contribution in [2.45, 2.75) is 10.2 Å². The molecule has 0 N–H and O–H groups in total.